The number of aromatic hydroxyl groups is 2. The van der Waals surface area contributed by atoms with Crippen molar-refractivity contribution in [2.75, 3.05) is 6.54 Å². The monoisotopic (exact) mass is 348 g/mol. The second kappa shape index (κ2) is 6.27. The minimum Gasteiger partial charge on any atom is -0.494 e. The molecule has 2 aliphatic rings. The van der Waals surface area contributed by atoms with E-state index in [2.05, 4.69) is 0 Å². The van der Waals surface area contributed by atoms with Gasteiger partial charge in [0.05, 0.1) is 0 Å². The fraction of sp³-hybridized carbons (Fsp3) is 0.471. The van der Waals surface area contributed by atoms with Gasteiger partial charge in [0.25, 0.3) is 11.8 Å². The zero-order valence-electron chi connectivity index (χ0n) is 13.6. The normalized spacial score (nSPS) is 26.4. The summed E-state index contributed by atoms with van der Waals surface area (Å²) >= 11 is 0. The van der Waals surface area contributed by atoms with E-state index in [9.17, 15) is 29.7 Å². The van der Waals surface area contributed by atoms with Crippen molar-refractivity contribution in [3.05, 3.63) is 24.3 Å². The Kier molecular flexibility index (Phi) is 4.28. The molecule has 8 nitrogen and oxygen atoms in total. The molecule has 2 amide bonds. The van der Waals surface area contributed by atoms with E-state index < -0.39 is 11.5 Å². The van der Waals surface area contributed by atoms with E-state index >= 15 is 0 Å². The highest BCUT2D eigenvalue weighted by Gasteiger charge is 2.46. The van der Waals surface area contributed by atoms with Crippen molar-refractivity contribution in [3.63, 3.8) is 0 Å². The van der Waals surface area contributed by atoms with Gasteiger partial charge in [0.2, 0.25) is 0 Å². The van der Waals surface area contributed by atoms with Gasteiger partial charge in [-0.25, -0.2) is 4.79 Å². The molecule has 1 aliphatic carbocycles. The number of carbonyl (C=O) groups excluding carboxylic acids is 2. The van der Waals surface area contributed by atoms with Crippen LogP contribution in [0.25, 0.3) is 0 Å². The predicted molar refractivity (Wildman–Crippen MR) is 85.8 cm³/mol. The molecule has 1 saturated carbocycles. The summed E-state index contributed by atoms with van der Waals surface area (Å²) < 4.78 is 1.07. The van der Waals surface area contributed by atoms with E-state index in [4.69, 9.17) is 0 Å². The average Bonchev–Trinajstić information content (AvgIpc) is 3.08. The Morgan fingerprint density at radius 1 is 1.08 bits per heavy atom. The lowest BCUT2D eigenvalue weighted by Gasteiger charge is -2.38. The largest absolute Gasteiger partial charge is 0.494 e. The number of aliphatic carboxylic acids is 1. The number of hydrogen-bond donors (Lipinski definition) is 3. The molecular formula is C17H20N2O6. The molecule has 3 rings (SSSR count). The zero-order valence-corrected chi connectivity index (χ0v) is 13.6. The summed E-state index contributed by atoms with van der Waals surface area (Å²) in [4.78, 5) is 36.2. The van der Waals surface area contributed by atoms with Crippen LogP contribution in [0.3, 0.4) is 0 Å². The quantitative estimate of drug-likeness (QED) is 0.687. The first-order chi connectivity index (χ1) is 11.8. The summed E-state index contributed by atoms with van der Waals surface area (Å²) in [5, 5.41) is 29.6. The number of aromatic nitrogens is 1. The van der Waals surface area contributed by atoms with E-state index in [1.54, 1.807) is 0 Å². The molecule has 1 fully saturated rings. The van der Waals surface area contributed by atoms with Crippen molar-refractivity contribution in [3.8, 4) is 11.8 Å². The highest BCUT2D eigenvalue weighted by atomic mass is 16.4. The van der Waals surface area contributed by atoms with Crippen LogP contribution in [0.5, 0.6) is 11.8 Å². The molecule has 0 aromatic carbocycles. The molecule has 1 aliphatic heterocycles. The van der Waals surface area contributed by atoms with Crippen LogP contribution in [-0.2, 0) is 19.9 Å². The van der Waals surface area contributed by atoms with Crippen molar-refractivity contribution in [1.29, 1.82) is 0 Å². The number of carbonyl (C=O) groups is 3. The minimum atomic E-state index is -1.38. The highest BCUT2D eigenvalue weighted by molar-refractivity contribution is 6.12. The summed E-state index contributed by atoms with van der Waals surface area (Å²) in [6.45, 7) is 0.315. The Morgan fingerprint density at radius 3 is 2.08 bits per heavy atom. The van der Waals surface area contributed by atoms with Crippen LogP contribution >= 0.6 is 0 Å². The number of rotatable bonds is 5. The molecule has 1 aromatic heterocycles. The number of imide groups is 1. The number of carboxylic acid groups (broad SMARTS) is 1. The van der Waals surface area contributed by atoms with Crippen LogP contribution in [0.4, 0.5) is 0 Å². The maximum atomic E-state index is 11.9. The van der Waals surface area contributed by atoms with Gasteiger partial charge < -0.3 is 15.3 Å². The summed E-state index contributed by atoms with van der Waals surface area (Å²) in [7, 11) is 0. The Bertz CT molecular complexity index is 705. The maximum absolute atomic E-state index is 11.9. The number of amides is 2. The Balaban J connectivity index is 1.66. The van der Waals surface area contributed by atoms with Crippen molar-refractivity contribution >= 4 is 17.8 Å². The van der Waals surface area contributed by atoms with E-state index in [-0.39, 0.29) is 42.3 Å². The molecule has 2 heterocycles. The molecule has 0 radical (unpaired) electrons. The van der Waals surface area contributed by atoms with Crippen molar-refractivity contribution in [1.82, 2.24) is 9.47 Å². The molecule has 8 heteroatoms. The Hall–Kier alpha value is -2.77. The van der Waals surface area contributed by atoms with Crippen molar-refractivity contribution in [2.45, 2.75) is 37.6 Å². The Morgan fingerprint density at radius 2 is 1.60 bits per heavy atom. The number of hydrogen-bond acceptors (Lipinski definition) is 5. The first-order valence-corrected chi connectivity index (χ1v) is 8.22. The highest BCUT2D eigenvalue weighted by Crippen LogP contribution is 2.44. The molecular weight excluding hydrogens is 328 g/mol. The van der Waals surface area contributed by atoms with Crippen LogP contribution in [0.15, 0.2) is 24.3 Å². The Labute approximate surface area is 144 Å². The van der Waals surface area contributed by atoms with E-state index in [0.717, 1.165) is 4.57 Å². The van der Waals surface area contributed by atoms with Crippen molar-refractivity contribution in [2.24, 2.45) is 5.92 Å². The lowest BCUT2D eigenvalue weighted by molar-refractivity contribution is -0.150. The molecule has 3 N–H and O–H groups in total. The van der Waals surface area contributed by atoms with Gasteiger partial charge in [-0.2, -0.15) is 0 Å². The number of carboxylic acids is 1. The summed E-state index contributed by atoms with van der Waals surface area (Å²) in [6.07, 6.45) is 4.73. The molecule has 0 bridgehead atoms. The molecule has 0 atom stereocenters. The fourth-order valence-corrected chi connectivity index (χ4v) is 3.79. The van der Waals surface area contributed by atoms with Gasteiger partial charge in [-0.1, -0.05) is 0 Å². The minimum absolute atomic E-state index is 0.175. The molecule has 0 unspecified atom stereocenters. The summed E-state index contributed by atoms with van der Waals surface area (Å²) in [6, 6.07) is 2.54. The van der Waals surface area contributed by atoms with Gasteiger partial charge in [0.15, 0.2) is 11.8 Å². The van der Waals surface area contributed by atoms with Gasteiger partial charge in [-0.3, -0.25) is 19.1 Å². The molecule has 0 spiro atoms. The second-order valence-corrected chi connectivity index (χ2v) is 6.62. The fourth-order valence-electron chi connectivity index (χ4n) is 3.79. The third kappa shape index (κ3) is 2.88. The average molecular weight is 348 g/mol. The topological polar surface area (TPSA) is 120 Å². The first-order valence-electron chi connectivity index (χ1n) is 8.22. The molecule has 25 heavy (non-hydrogen) atoms. The van der Waals surface area contributed by atoms with Gasteiger partial charge in [0.1, 0.15) is 5.54 Å². The molecule has 0 saturated heterocycles. The zero-order chi connectivity index (χ0) is 18.2. The van der Waals surface area contributed by atoms with Gasteiger partial charge in [-0.15, -0.1) is 0 Å². The SMILES string of the molecule is O=C1C=CC(=O)N1CCC1CCC(C(=O)O)(n2c(O)ccc2O)CC1. The maximum Gasteiger partial charge on any atom is 0.330 e. The van der Waals surface area contributed by atoms with Crippen molar-refractivity contribution < 1.29 is 29.7 Å². The smallest absolute Gasteiger partial charge is 0.330 e. The van der Waals surface area contributed by atoms with Crippen LogP contribution in [0.1, 0.15) is 32.1 Å². The van der Waals surface area contributed by atoms with E-state index in [0.29, 0.717) is 25.8 Å². The van der Waals surface area contributed by atoms with Gasteiger partial charge in [0, 0.05) is 30.8 Å². The van der Waals surface area contributed by atoms with Gasteiger partial charge >= 0.3 is 5.97 Å². The lowest BCUT2D eigenvalue weighted by atomic mass is 9.75. The predicted octanol–water partition coefficient (Wildman–Crippen LogP) is 1.18. The standard InChI is InChI=1S/C17H20N2O6/c20-12-1-2-13(21)18(12)10-7-11-5-8-17(9-6-11,16(24)25)19-14(22)3-4-15(19)23/h1-4,11,22-23H,5-10H2,(H,24,25). The van der Waals surface area contributed by atoms with E-state index in [1.165, 1.54) is 29.2 Å². The van der Waals surface area contributed by atoms with Gasteiger partial charge in [-0.05, 0) is 38.0 Å². The third-order valence-corrected chi connectivity index (χ3v) is 5.26. The van der Waals surface area contributed by atoms with Crippen LogP contribution in [0, 0.1) is 5.92 Å². The first kappa shape index (κ1) is 17.1. The second-order valence-electron chi connectivity index (χ2n) is 6.62. The summed E-state index contributed by atoms with van der Waals surface area (Å²) in [5.41, 5.74) is -1.38. The number of nitrogens with zero attached hydrogens (tertiary/aromatic N) is 2. The lowest BCUT2D eigenvalue weighted by Crippen LogP contribution is -2.45. The van der Waals surface area contributed by atoms with Crippen LogP contribution < -0.4 is 0 Å². The molecule has 134 valence electrons. The van der Waals surface area contributed by atoms with Crippen LogP contribution in [0.2, 0.25) is 0 Å². The summed E-state index contributed by atoms with van der Waals surface area (Å²) in [5.74, 6) is -2.11. The molecule has 1 aromatic rings. The van der Waals surface area contributed by atoms with Crippen LogP contribution in [-0.4, -0.2) is 49.1 Å². The van der Waals surface area contributed by atoms with E-state index in [1.807, 2.05) is 0 Å². The third-order valence-electron chi connectivity index (χ3n) is 5.26.